The average Bonchev–Trinajstić information content (AvgIpc) is 2.98. The molecule has 1 N–H and O–H groups in total. The summed E-state index contributed by atoms with van der Waals surface area (Å²) in [6, 6.07) is 18.7. The Hall–Kier alpha value is -2.97. The molecule has 0 fully saturated rings. The molecule has 158 valence electrons. The Morgan fingerprint density at radius 1 is 1.00 bits per heavy atom. The Morgan fingerprint density at radius 2 is 1.65 bits per heavy atom. The van der Waals surface area contributed by atoms with Crippen LogP contribution in [0.2, 0.25) is 0 Å². The molecule has 4 rings (SSSR count). The molecule has 0 unspecified atom stereocenters. The van der Waals surface area contributed by atoms with Crippen molar-refractivity contribution in [3.63, 3.8) is 0 Å². The number of aromatic nitrogens is 2. The maximum atomic E-state index is 13.0. The molecule has 4 aromatic rings. The zero-order valence-electron chi connectivity index (χ0n) is 17.2. The van der Waals surface area contributed by atoms with Gasteiger partial charge in [0.25, 0.3) is 5.91 Å². The van der Waals surface area contributed by atoms with E-state index >= 15 is 0 Å². The van der Waals surface area contributed by atoms with Crippen LogP contribution in [0, 0.1) is 0 Å². The van der Waals surface area contributed by atoms with Gasteiger partial charge in [0.2, 0.25) is 0 Å². The predicted molar refractivity (Wildman–Crippen MR) is 127 cm³/mol. The van der Waals surface area contributed by atoms with Gasteiger partial charge >= 0.3 is 5.69 Å². The number of imidazole rings is 1. The van der Waals surface area contributed by atoms with E-state index in [1.165, 1.54) is 11.8 Å². The van der Waals surface area contributed by atoms with Gasteiger partial charge in [0.05, 0.1) is 29.4 Å². The molecule has 1 heterocycles. The van der Waals surface area contributed by atoms with Gasteiger partial charge in [-0.05, 0) is 64.5 Å². The van der Waals surface area contributed by atoms with Crippen LogP contribution in [-0.2, 0) is 14.1 Å². The first-order chi connectivity index (χ1) is 14.9. The van der Waals surface area contributed by atoms with E-state index in [-0.39, 0.29) is 11.6 Å². The number of amides is 1. The van der Waals surface area contributed by atoms with E-state index in [0.29, 0.717) is 15.7 Å². The number of ether oxygens (including phenoxy) is 1. The summed E-state index contributed by atoms with van der Waals surface area (Å²) in [5.41, 5.74) is 2.58. The highest BCUT2D eigenvalue weighted by Crippen LogP contribution is 2.37. The molecular weight excluding hydrogens is 478 g/mol. The molecule has 0 saturated carbocycles. The van der Waals surface area contributed by atoms with Gasteiger partial charge in [-0.2, -0.15) is 0 Å². The number of rotatable bonds is 5. The van der Waals surface area contributed by atoms with Crippen molar-refractivity contribution >= 4 is 50.3 Å². The monoisotopic (exact) mass is 497 g/mol. The molecule has 0 aliphatic rings. The molecule has 1 aromatic heterocycles. The van der Waals surface area contributed by atoms with Gasteiger partial charge in [0.15, 0.2) is 0 Å². The molecule has 0 atom stereocenters. The largest absolute Gasteiger partial charge is 0.497 e. The van der Waals surface area contributed by atoms with Crippen molar-refractivity contribution in [3.8, 4) is 5.75 Å². The van der Waals surface area contributed by atoms with E-state index in [1.54, 1.807) is 36.4 Å². The predicted octanol–water partition coefficient (Wildman–Crippen LogP) is 5.05. The number of aryl methyl sites for hydroxylation is 2. The van der Waals surface area contributed by atoms with Crippen LogP contribution in [-0.4, -0.2) is 22.2 Å². The number of nitrogens with one attached hydrogen (secondary N) is 1. The van der Waals surface area contributed by atoms with Crippen LogP contribution in [0.25, 0.3) is 11.0 Å². The number of carbonyl (C=O) groups excluding carboxylic acids is 1. The normalized spacial score (nSPS) is 11.0. The minimum absolute atomic E-state index is 0.121. The SMILES string of the molecule is COc1ccc(Sc2cc3c(cc2NC(=O)c2ccccc2Br)n(C)c(=O)n3C)cc1. The maximum absolute atomic E-state index is 13.0. The number of halogens is 1. The Labute approximate surface area is 192 Å². The fraction of sp³-hybridized carbons (Fsp3) is 0.130. The van der Waals surface area contributed by atoms with Gasteiger partial charge in [-0.15, -0.1) is 0 Å². The lowest BCUT2D eigenvalue weighted by Gasteiger charge is -2.13. The minimum atomic E-state index is -0.232. The van der Waals surface area contributed by atoms with Crippen LogP contribution in [0.15, 0.2) is 79.7 Å². The second-order valence-electron chi connectivity index (χ2n) is 6.95. The number of hydrogen-bond acceptors (Lipinski definition) is 4. The Bertz CT molecular complexity index is 1340. The molecule has 0 spiro atoms. The summed E-state index contributed by atoms with van der Waals surface area (Å²) in [6.07, 6.45) is 0. The molecule has 0 bridgehead atoms. The van der Waals surface area contributed by atoms with Crippen LogP contribution in [0.4, 0.5) is 5.69 Å². The second-order valence-corrected chi connectivity index (χ2v) is 8.92. The molecule has 3 aromatic carbocycles. The standard InChI is InChI=1S/C23H20BrN3O3S/c1-26-19-12-18(25-22(28)16-6-4-5-7-17(16)24)21(13-20(19)27(2)23(26)29)31-15-10-8-14(30-3)9-11-15/h4-13H,1-3H3,(H,25,28). The zero-order chi connectivity index (χ0) is 22.1. The summed E-state index contributed by atoms with van der Waals surface area (Å²) in [6.45, 7) is 0. The topological polar surface area (TPSA) is 65.3 Å². The van der Waals surface area contributed by atoms with Gasteiger partial charge in [0, 0.05) is 28.4 Å². The highest BCUT2D eigenvalue weighted by Gasteiger charge is 2.17. The lowest BCUT2D eigenvalue weighted by atomic mass is 10.2. The number of methoxy groups -OCH3 is 1. The van der Waals surface area contributed by atoms with Crippen LogP contribution in [0.3, 0.4) is 0 Å². The molecule has 6 nitrogen and oxygen atoms in total. The minimum Gasteiger partial charge on any atom is -0.497 e. The number of nitrogens with zero attached hydrogens (tertiary/aromatic N) is 2. The average molecular weight is 498 g/mol. The Balaban J connectivity index is 1.80. The quantitative estimate of drug-likeness (QED) is 0.418. The zero-order valence-corrected chi connectivity index (χ0v) is 19.6. The summed E-state index contributed by atoms with van der Waals surface area (Å²) in [5, 5.41) is 3.02. The fourth-order valence-electron chi connectivity index (χ4n) is 3.31. The molecule has 0 saturated heterocycles. The van der Waals surface area contributed by atoms with E-state index < -0.39 is 0 Å². The van der Waals surface area contributed by atoms with Crippen LogP contribution < -0.4 is 15.7 Å². The molecule has 0 aliphatic carbocycles. The second kappa shape index (κ2) is 8.64. The van der Waals surface area contributed by atoms with Crippen molar-refractivity contribution in [2.24, 2.45) is 14.1 Å². The molecule has 1 amide bonds. The van der Waals surface area contributed by atoms with E-state index in [9.17, 15) is 9.59 Å². The number of carbonyl (C=O) groups is 1. The number of benzene rings is 3. The van der Waals surface area contributed by atoms with E-state index in [0.717, 1.165) is 26.6 Å². The Morgan fingerprint density at radius 3 is 2.29 bits per heavy atom. The summed E-state index contributed by atoms with van der Waals surface area (Å²) in [5.74, 6) is 0.539. The number of hydrogen-bond donors (Lipinski definition) is 1. The third kappa shape index (κ3) is 4.13. The van der Waals surface area contributed by atoms with Crippen LogP contribution in [0.1, 0.15) is 10.4 Å². The Kier molecular flexibility index (Phi) is 5.93. The lowest BCUT2D eigenvalue weighted by molar-refractivity contribution is 0.102. The van der Waals surface area contributed by atoms with E-state index in [4.69, 9.17) is 4.74 Å². The summed E-state index contributed by atoms with van der Waals surface area (Å²) < 4.78 is 9.13. The smallest absolute Gasteiger partial charge is 0.328 e. The van der Waals surface area contributed by atoms with E-state index in [1.807, 2.05) is 54.6 Å². The van der Waals surface area contributed by atoms with Crippen molar-refractivity contribution in [2.75, 3.05) is 12.4 Å². The van der Waals surface area contributed by atoms with Crippen molar-refractivity contribution in [1.82, 2.24) is 9.13 Å². The van der Waals surface area contributed by atoms with Gasteiger partial charge in [-0.1, -0.05) is 23.9 Å². The third-order valence-electron chi connectivity index (χ3n) is 5.03. The van der Waals surface area contributed by atoms with E-state index in [2.05, 4.69) is 21.2 Å². The van der Waals surface area contributed by atoms with Gasteiger partial charge in [0.1, 0.15) is 5.75 Å². The maximum Gasteiger partial charge on any atom is 0.328 e. The number of anilines is 1. The molecule has 31 heavy (non-hydrogen) atoms. The highest BCUT2D eigenvalue weighted by molar-refractivity contribution is 9.10. The van der Waals surface area contributed by atoms with Crippen molar-refractivity contribution in [1.29, 1.82) is 0 Å². The van der Waals surface area contributed by atoms with Gasteiger partial charge < -0.3 is 10.1 Å². The number of fused-ring (bicyclic) bond motifs is 1. The molecule has 8 heteroatoms. The highest BCUT2D eigenvalue weighted by atomic mass is 79.9. The molecule has 0 radical (unpaired) electrons. The first-order valence-corrected chi connectivity index (χ1v) is 11.1. The summed E-state index contributed by atoms with van der Waals surface area (Å²) in [4.78, 5) is 27.2. The summed E-state index contributed by atoms with van der Waals surface area (Å²) >= 11 is 4.94. The van der Waals surface area contributed by atoms with Crippen molar-refractivity contribution < 1.29 is 9.53 Å². The lowest BCUT2D eigenvalue weighted by Crippen LogP contribution is -2.19. The van der Waals surface area contributed by atoms with Crippen molar-refractivity contribution in [3.05, 3.63) is 81.2 Å². The van der Waals surface area contributed by atoms with Gasteiger partial charge in [-0.25, -0.2) is 4.79 Å². The summed E-state index contributed by atoms with van der Waals surface area (Å²) in [7, 11) is 5.09. The molecular formula is C23H20BrN3O3S. The molecule has 0 aliphatic heterocycles. The van der Waals surface area contributed by atoms with Crippen molar-refractivity contribution in [2.45, 2.75) is 9.79 Å². The third-order valence-corrected chi connectivity index (χ3v) is 6.78. The first kappa shape index (κ1) is 21.3. The van der Waals surface area contributed by atoms with Crippen LogP contribution in [0.5, 0.6) is 5.75 Å². The van der Waals surface area contributed by atoms with Crippen LogP contribution >= 0.6 is 27.7 Å². The van der Waals surface area contributed by atoms with Gasteiger partial charge in [-0.3, -0.25) is 13.9 Å². The first-order valence-electron chi connectivity index (χ1n) is 9.46. The fourth-order valence-corrected chi connectivity index (χ4v) is 4.70.